The number of hydrogen-bond acceptors (Lipinski definition) is 0. The largest absolute Gasteiger partial charge is 0.120 e. The summed E-state index contributed by atoms with van der Waals surface area (Å²) in [6, 6.07) is 15.2. The maximum Gasteiger partial charge on any atom is -0.00944 e. The standard InChI is InChI=1S/C16H12/c1-12-5-7-14(8-6-12)16-10-9-13-3-2-4-15(13)11-16/h3-11H,1H3. The van der Waals surface area contributed by atoms with Crippen LogP contribution < -0.4 is 0 Å². The van der Waals surface area contributed by atoms with Gasteiger partial charge in [-0.25, -0.2) is 0 Å². The quantitative estimate of drug-likeness (QED) is 0.518. The van der Waals surface area contributed by atoms with Gasteiger partial charge in [-0.05, 0) is 47.4 Å². The Bertz CT molecular complexity index is 594. The Balaban J connectivity index is 2.08. The molecule has 3 rings (SSSR count). The van der Waals surface area contributed by atoms with Crippen molar-refractivity contribution in [2.45, 2.75) is 6.92 Å². The summed E-state index contributed by atoms with van der Waals surface area (Å²) in [6.07, 6.45) is 4.06. The minimum absolute atomic E-state index is 1.26. The van der Waals surface area contributed by atoms with Crippen LogP contribution >= 0.6 is 0 Å². The van der Waals surface area contributed by atoms with Crippen LogP contribution in [0, 0.1) is 6.92 Å². The molecule has 2 aromatic carbocycles. The molecule has 1 aliphatic carbocycles. The summed E-state index contributed by atoms with van der Waals surface area (Å²) in [5, 5.41) is 0. The van der Waals surface area contributed by atoms with Crippen molar-refractivity contribution >= 4 is 12.2 Å². The highest BCUT2D eigenvalue weighted by molar-refractivity contribution is 5.77. The molecule has 0 saturated carbocycles. The number of fused-ring (bicyclic) bond motifs is 1. The van der Waals surface area contributed by atoms with Crippen LogP contribution in [-0.2, 0) is 0 Å². The summed E-state index contributed by atoms with van der Waals surface area (Å²) in [5.74, 6) is 0. The van der Waals surface area contributed by atoms with Crippen molar-refractivity contribution in [3.8, 4) is 11.1 Å². The van der Waals surface area contributed by atoms with E-state index in [4.69, 9.17) is 0 Å². The van der Waals surface area contributed by atoms with Crippen molar-refractivity contribution < 1.29 is 0 Å². The molecule has 16 heavy (non-hydrogen) atoms. The molecule has 0 radical (unpaired) electrons. The SMILES string of the molecule is Cc1ccc(-c2ccc3c(c2)C=C=C3)cc1. The minimum Gasteiger partial charge on any atom is -0.120 e. The summed E-state index contributed by atoms with van der Waals surface area (Å²) < 4.78 is 0. The molecule has 1 aliphatic rings. The lowest BCUT2D eigenvalue weighted by atomic mass is 10.00. The predicted octanol–water partition coefficient (Wildman–Crippen LogP) is 4.30. The Morgan fingerprint density at radius 2 is 1.44 bits per heavy atom. The van der Waals surface area contributed by atoms with Crippen molar-refractivity contribution in [1.82, 2.24) is 0 Å². The second-order valence-electron chi connectivity index (χ2n) is 4.17. The Morgan fingerprint density at radius 1 is 0.750 bits per heavy atom. The summed E-state index contributed by atoms with van der Waals surface area (Å²) in [4.78, 5) is 0. The van der Waals surface area contributed by atoms with Gasteiger partial charge in [0.15, 0.2) is 0 Å². The van der Waals surface area contributed by atoms with Crippen LogP contribution in [0.15, 0.2) is 48.2 Å². The van der Waals surface area contributed by atoms with Gasteiger partial charge in [0.1, 0.15) is 0 Å². The summed E-state index contributed by atoms with van der Waals surface area (Å²) in [5.41, 5.74) is 9.49. The van der Waals surface area contributed by atoms with E-state index in [1.165, 1.54) is 27.8 Å². The maximum atomic E-state index is 3.13. The first-order valence-corrected chi connectivity index (χ1v) is 5.46. The molecule has 0 unspecified atom stereocenters. The molecular formula is C16H12. The van der Waals surface area contributed by atoms with Crippen LogP contribution in [0.5, 0.6) is 0 Å². The van der Waals surface area contributed by atoms with Crippen molar-refractivity contribution in [2.75, 3.05) is 0 Å². The number of hydrogen-bond donors (Lipinski definition) is 0. The van der Waals surface area contributed by atoms with Crippen LogP contribution in [-0.4, -0.2) is 0 Å². The van der Waals surface area contributed by atoms with Gasteiger partial charge in [-0.2, -0.15) is 0 Å². The second kappa shape index (κ2) is 3.52. The van der Waals surface area contributed by atoms with Gasteiger partial charge in [-0.3, -0.25) is 0 Å². The Labute approximate surface area is 95.6 Å². The van der Waals surface area contributed by atoms with E-state index in [0.717, 1.165) is 0 Å². The monoisotopic (exact) mass is 204 g/mol. The molecule has 0 N–H and O–H groups in total. The predicted molar refractivity (Wildman–Crippen MR) is 69.1 cm³/mol. The van der Waals surface area contributed by atoms with Crippen LogP contribution in [0.2, 0.25) is 0 Å². The fourth-order valence-corrected chi connectivity index (χ4v) is 1.98. The lowest BCUT2D eigenvalue weighted by Gasteiger charge is -2.04. The number of rotatable bonds is 1. The van der Waals surface area contributed by atoms with Gasteiger partial charge in [0.05, 0.1) is 0 Å². The molecule has 0 heterocycles. The molecule has 0 aliphatic heterocycles. The van der Waals surface area contributed by atoms with Gasteiger partial charge in [0, 0.05) is 0 Å². The Kier molecular flexibility index (Phi) is 2.02. The van der Waals surface area contributed by atoms with Gasteiger partial charge in [0.25, 0.3) is 0 Å². The van der Waals surface area contributed by atoms with E-state index in [1.54, 1.807) is 0 Å². The highest BCUT2D eigenvalue weighted by atomic mass is 14.1. The third-order valence-corrected chi connectivity index (χ3v) is 2.95. The van der Waals surface area contributed by atoms with E-state index in [1.807, 2.05) is 12.2 Å². The zero-order valence-corrected chi connectivity index (χ0v) is 9.20. The summed E-state index contributed by atoms with van der Waals surface area (Å²) >= 11 is 0. The van der Waals surface area contributed by atoms with Crippen LogP contribution in [0.4, 0.5) is 0 Å². The highest BCUT2D eigenvalue weighted by Crippen LogP contribution is 2.26. The smallest absolute Gasteiger partial charge is 0.00944 e. The molecule has 0 bridgehead atoms. The van der Waals surface area contributed by atoms with Crippen LogP contribution in [0.1, 0.15) is 16.7 Å². The first kappa shape index (κ1) is 9.21. The zero-order valence-electron chi connectivity index (χ0n) is 9.20. The zero-order chi connectivity index (χ0) is 11.0. The third-order valence-electron chi connectivity index (χ3n) is 2.95. The van der Waals surface area contributed by atoms with Gasteiger partial charge in [-0.15, -0.1) is 5.73 Å². The van der Waals surface area contributed by atoms with Crippen molar-refractivity contribution in [1.29, 1.82) is 0 Å². The number of aryl methyl sites for hydroxylation is 1. The van der Waals surface area contributed by atoms with E-state index in [-0.39, 0.29) is 0 Å². The van der Waals surface area contributed by atoms with Crippen molar-refractivity contribution in [3.63, 3.8) is 0 Å². The fourth-order valence-electron chi connectivity index (χ4n) is 1.98. The molecular weight excluding hydrogens is 192 g/mol. The highest BCUT2D eigenvalue weighted by Gasteiger charge is 2.03. The van der Waals surface area contributed by atoms with E-state index in [9.17, 15) is 0 Å². The molecule has 0 heteroatoms. The van der Waals surface area contributed by atoms with Gasteiger partial charge < -0.3 is 0 Å². The molecule has 0 fully saturated rings. The summed E-state index contributed by atoms with van der Waals surface area (Å²) in [7, 11) is 0. The topological polar surface area (TPSA) is 0 Å². The normalized spacial score (nSPS) is 11.8. The van der Waals surface area contributed by atoms with E-state index < -0.39 is 0 Å². The fraction of sp³-hybridized carbons (Fsp3) is 0.0625. The average Bonchev–Trinajstić information content (AvgIpc) is 2.77. The lowest BCUT2D eigenvalue weighted by molar-refractivity contribution is 1.47. The van der Waals surface area contributed by atoms with E-state index in [0.29, 0.717) is 0 Å². The maximum absolute atomic E-state index is 3.13. The van der Waals surface area contributed by atoms with E-state index in [2.05, 4.69) is 55.1 Å². The second-order valence-corrected chi connectivity index (χ2v) is 4.17. The molecule has 0 amide bonds. The van der Waals surface area contributed by atoms with Crippen LogP contribution in [0.25, 0.3) is 23.3 Å². The van der Waals surface area contributed by atoms with Crippen molar-refractivity contribution in [2.24, 2.45) is 0 Å². The molecule has 76 valence electrons. The molecule has 0 aromatic heterocycles. The molecule has 0 atom stereocenters. The number of benzene rings is 2. The van der Waals surface area contributed by atoms with Crippen LogP contribution in [0.3, 0.4) is 0 Å². The Hall–Kier alpha value is -2.04. The van der Waals surface area contributed by atoms with Crippen molar-refractivity contribution in [3.05, 3.63) is 64.9 Å². The Morgan fingerprint density at radius 3 is 2.25 bits per heavy atom. The molecule has 0 spiro atoms. The van der Waals surface area contributed by atoms with Gasteiger partial charge >= 0.3 is 0 Å². The summed E-state index contributed by atoms with van der Waals surface area (Å²) in [6.45, 7) is 2.11. The minimum atomic E-state index is 1.26. The molecule has 2 aromatic rings. The van der Waals surface area contributed by atoms with Gasteiger partial charge in [0.2, 0.25) is 0 Å². The first-order chi connectivity index (χ1) is 7.83. The first-order valence-electron chi connectivity index (χ1n) is 5.46. The molecule has 0 nitrogen and oxygen atoms in total. The van der Waals surface area contributed by atoms with E-state index >= 15 is 0 Å². The third kappa shape index (κ3) is 1.50. The lowest BCUT2D eigenvalue weighted by Crippen LogP contribution is -1.82. The molecule has 0 saturated heterocycles. The van der Waals surface area contributed by atoms with Gasteiger partial charge in [-0.1, -0.05) is 42.0 Å². The average molecular weight is 204 g/mol.